The second-order valence-corrected chi connectivity index (χ2v) is 8.15. The van der Waals surface area contributed by atoms with Gasteiger partial charge in [-0.05, 0) is 40.2 Å². The fraction of sp³-hybridized carbons (Fsp3) is 0.950. The van der Waals surface area contributed by atoms with Crippen LogP contribution in [0.3, 0.4) is 0 Å². The van der Waals surface area contributed by atoms with Crippen LogP contribution in [0.4, 0.5) is 0 Å². The molecule has 0 amide bonds. The number of nitrogens with one attached hydrogen (secondary N) is 2. The molecule has 0 spiro atoms. The highest BCUT2D eigenvalue weighted by atomic mass is 127. The summed E-state index contributed by atoms with van der Waals surface area (Å²) in [4.78, 5) is 12.0. The van der Waals surface area contributed by atoms with E-state index in [1.54, 1.807) is 0 Å². The first kappa shape index (κ1) is 26.9. The molecule has 0 radical (unpaired) electrons. The number of hydrogen-bond donors (Lipinski definition) is 2. The van der Waals surface area contributed by atoms with Crippen molar-refractivity contribution < 1.29 is 0 Å². The van der Waals surface area contributed by atoms with Crippen molar-refractivity contribution in [1.29, 1.82) is 0 Å². The van der Waals surface area contributed by atoms with E-state index in [1.807, 2.05) is 7.05 Å². The van der Waals surface area contributed by atoms with Gasteiger partial charge >= 0.3 is 0 Å². The third kappa shape index (κ3) is 10.9. The van der Waals surface area contributed by atoms with Gasteiger partial charge in [-0.15, -0.1) is 24.0 Å². The van der Waals surface area contributed by atoms with Gasteiger partial charge in [-0.3, -0.25) is 9.89 Å². The van der Waals surface area contributed by atoms with E-state index < -0.39 is 0 Å². The summed E-state index contributed by atoms with van der Waals surface area (Å²) >= 11 is 0. The van der Waals surface area contributed by atoms with Gasteiger partial charge in [-0.1, -0.05) is 13.8 Å². The fourth-order valence-corrected chi connectivity index (χ4v) is 3.70. The Kier molecular flexibility index (Phi) is 14.8. The van der Waals surface area contributed by atoms with E-state index in [2.05, 4.69) is 71.9 Å². The van der Waals surface area contributed by atoms with Crippen molar-refractivity contribution in [2.45, 2.75) is 53.6 Å². The second-order valence-electron chi connectivity index (χ2n) is 8.15. The molecule has 1 unspecified atom stereocenters. The van der Waals surface area contributed by atoms with Crippen molar-refractivity contribution in [1.82, 2.24) is 25.3 Å². The van der Waals surface area contributed by atoms with Gasteiger partial charge < -0.3 is 20.4 Å². The first-order valence-corrected chi connectivity index (χ1v) is 10.5. The lowest BCUT2D eigenvalue weighted by Crippen LogP contribution is -2.49. The van der Waals surface area contributed by atoms with Crippen LogP contribution < -0.4 is 10.6 Å². The van der Waals surface area contributed by atoms with Crippen molar-refractivity contribution in [3.05, 3.63) is 0 Å². The largest absolute Gasteiger partial charge is 0.356 e. The molecule has 0 aromatic carbocycles. The van der Waals surface area contributed by atoms with Crippen molar-refractivity contribution in [2.24, 2.45) is 10.9 Å². The van der Waals surface area contributed by atoms with Crippen LogP contribution in [0.15, 0.2) is 4.99 Å². The predicted molar refractivity (Wildman–Crippen MR) is 129 cm³/mol. The average molecular weight is 497 g/mol. The number of hydrogen-bond acceptors (Lipinski definition) is 4. The molecule has 1 rings (SSSR count). The lowest BCUT2D eigenvalue weighted by Gasteiger charge is -2.35. The molecule has 1 atom stereocenters. The number of guanidine groups is 1. The molecule has 0 aromatic rings. The van der Waals surface area contributed by atoms with Gasteiger partial charge in [0, 0.05) is 71.5 Å². The molecular formula is C20H45IN6. The smallest absolute Gasteiger partial charge is 0.191 e. The molecule has 1 aliphatic heterocycles. The minimum absolute atomic E-state index is 0. The fourth-order valence-electron chi connectivity index (χ4n) is 3.70. The summed E-state index contributed by atoms with van der Waals surface area (Å²) in [6.45, 7) is 23.7. The maximum absolute atomic E-state index is 4.37. The Morgan fingerprint density at radius 1 is 0.963 bits per heavy atom. The lowest BCUT2D eigenvalue weighted by molar-refractivity contribution is 0.124. The summed E-state index contributed by atoms with van der Waals surface area (Å²) in [5, 5.41) is 6.95. The van der Waals surface area contributed by atoms with Gasteiger partial charge in [0.25, 0.3) is 0 Å². The number of aliphatic imine (C=N–C) groups is 1. The predicted octanol–water partition coefficient (Wildman–Crippen LogP) is 2.16. The number of piperazine rings is 1. The monoisotopic (exact) mass is 496 g/mol. The summed E-state index contributed by atoms with van der Waals surface area (Å²) in [5.41, 5.74) is 0. The van der Waals surface area contributed by atoms with Crippen LogP contribution in [0.2, 0.25) is 0 Å². The van der Waals surface area contributed by atoms with Crippen molar-refractivity contribution in [3.63, 3.8) is 0 Å². The summed E-state index contributed by atoms with van der Waals surface area (Å²) < 4.78 is 0. The molecule has 1 heterocycles. The molecule has 27 heavy (non-hydrogen) atoms. The summed E-state index contributed by atoms with van der Waals surface area (Å²) in [6, 6.07) is 1.14. The van der Waals surface area contributed by atoms with Crippen molar-refractivity contribution >= 4 is 29.9 Å². The second kappa shape index (κ2) is 14.8. The van der Waals surface area contributed by atoms with Crippen LogP contribution in [0.1, 0.15) is 41.5 Å². The normalized spacial score (nSPS) is 18.1. The summed E-state index contributed by atoms with van der Waals surface area (Å²) in [7, 11) is 1.85. The first-order chi connectivity index (χ1) is 12.4. The van der Waals surface area contributed by atoms with Crippen LogP contribution in [0.5, 0.6) is 0 Å². The van der Waals surface area contributed by atoms with E-state index in [0.29, 0.717) is 18.0 Å². The van der Waals surface area contributed by atoms with E-state index >= 15 is 0 Å². The Hall–Kier alpha value is -0.120. The van der Waals surface area contributed by atoms with Crippen LogP contribution in [-0.4, -0.2) is 98.7 Å². The van der Waals surface area contributed by atoms with Gasteiger partial charge in [0.05, 0.1) is 0 Å². The third-order valence-corrected chi connectivity index (χ3v) is 5.31. The molecule has 6 nitrogen and oxygen atoms in total. The Bertz CT molecular complexity index is 386. The molecule has 1 saturated heterocycles. The Morgan fingerprint density at radius 3 is 2.00 bits per heavy atom. The van der Waals surface area contributed by atoms with Gasteiger partial charge in [-0.2, -0.15) is 0 Å². The molecular weight excluding hydrogens is 451 g/mol. The minimum atomic E-state index is 0. The topological polar surface area (TPSA) is 46.1 Å². The molecule has 0 bridgehead atoms. The summed E-state index contributed by atoms with van der Waals surface area (Å²) in [6.07, 6.45) is 0. The maximum atomic E-state index is 4.37. The minimum Gasteiger partial charge on any atom is -0.356 e. The molecule has 0 aromatic heterocycles. The molecule has 7 heteroatoms. The average Bonchev–Trinajstić information content (AvgIpc) is 2.61. The van der Waals surface area contributed by atoms with Crippen molar-refractivity contribution in [3.8, 4) is 0 Å². The quantitative estimate of drug-likeness (QED) is 0.276. The highest BCUT2D eigenvalue weighted by Gasteiger charge is 2.17. The SMILES string of the molecule is CCN1CCN(CC(C)CNC(=NC)NCCN(C(C)C)C(C)C)CC1.I. The van der Waals surface area contributed by atoms with E-state index in [4.69, 9.17) is 0 Å². The van der Waals surface area contributed by atoms with E-state index in [9.17, 15) is 0 Å². The number of halogens is 1. The Morgan fingerprint density at radius 2 is 1.52 bits per heavy atom. The zero-order valence-electron chi connectivity index (χ0n) is 18.8. The highest BCUT2D eigenvalue weighted by molar-refractivity contribution is 14.0. The van der Waals surface area contributed by atoms with Gasteiger partial charge in [0.2, 0.25) is 0 Å². The third-order valence-electron chi connectivity index (χ3n) is 5.31. The van der Waals surface area contributed by atoms with Gasteiger partial charge in [0.15, 0.2) is 5.96 Å². The van der Waals surface area contributed by atoms with Crippen LogP contribution in [0.25, 0.3) is 0 Å². The van der Waals surface area contributed by atoms with Gasteiger partial charge in [0.1, 0.15) is 0 Å². The zero-order chi connectivity index (χ0) is 19.5. The first-order valence-electron chi connectivity index (χ1n) is 10.5. The molecule has 1 fully saturated rings. The Labute approximate surface area is 185 Å². The molecule has 0 aliphatic carbocycles. The van der Waals surface area contributed by atoms with E-state index in [1.165, 1.54) is 32.7 Å². The van der Waals surface area contributed by atoms with Crippen LogP contribution in [-0.2, 0) is 0 Å². The van der Waals surface area contributed by atoms with Crippen molar-refractivity contribution in [2.75, 3.05) is 66.0 Å². The maximum Gasteiger partial charge on any atom is 0.191 e. The highest BCUT2D eigenvalue weighted by Crippen LogP contribution is 2.05. The Balaban J connectivity index is 0.00000676. The standard InChI is InChI=1S/C20H44N6.HI/c1-8-24-11-13-25(14-12-24)16-19(6)15-23-20(21-7)22-9-10-26(17(2)3)18(4)5;/h17-19H,8-16H2,1-7H3,(H2,21,22,23);1H. The van der Waals surface area contributed by atoms with Crippen LogP contribution in [0, 0.1) is 5.92 Å². The lowest BCUT2D eigenvalue weighted by atomic mass is 10.1. The molecule has 162 valence electrons. The molecule has 1 aliphatic rings. The summed E-state index contributed by atoms with van der Waals surface area (Å²) in [5.74, 6) is 1.53. The van der Waals surface area contributed by atoms with E-state index in [0.717, 1.165) is 32.1 Å². The number of rotatable bonds is 10. The number of likely N-dealkylation sites (N-methyl/N-ethyl adjacent to an activating group) is 1. The number of nitrogens with zero attached hydrogens (tertiary/aromatic N) is 4. The molecule has 0 saturated carbocycles. The molecule has 2 N–H and O–H groups in total. The van der Waals surface area contributed by atoms with E-state index in [-0.39, 0.29) is 24.0 Å². The van der Waals surface area contributed by atoms with Gasteiger partial charge in [-0.25, -0.2) is 0 Å². The van der Waals surface area contributed by atoms with Crippen LogP contribution >= 0.6 is 24.0 Å². The zero-order valence-corrected chi connectivity index (χ0v) is 21.1.